The third-order valence-electron chi connectivity index (χ3n) is 13.9. The van der Waals surface area contributed by atoms with Gasteiger partial charge >= 0.3 is 12.4 Å². The van der Waals surface area contributed by atoms with E-state index in [1.54, 1.807) is 72.4 Å². The summed E-state index contributed by atoms with van der Waals surface area (Å²) in [5, 5.41) is 0. The minimum Gasteiger partial charge on any atom is -0.457 e. The van der Waals surface area contributed by atoms with E-state index in [4.69, 9.17) is 4.74 Å². The Morgan fingerprint density at radius 3 is 0.791 bits per heavy atom. The number of hydrogen-bond donors (Lipinski definition) is 0. The standard InChI is InChI=1S/C15H10F6.C15H16.C13H10O.C12H10O2S.C12H10O.C12H10S/c16-14(17,18)13(15(19,20)21,11-7-3-1-4-8-11)12-9-5-2-6-10-12;1-15(2,13-9-5-3-6-10-13)14-11-7-4-8-12-14;14-13(11-7-3-1-4-8-11)12-9-5-2-6-10-12;13-15(14,11-7-3-1-4-8-11)12-9-5-2-6-10-12;2*1-3-7-11(8-4-1)13-12-9-5-2-6-10-12/h1-10H;3-12H,1-2H3;1-10H;1-10H;2*1-10H. The summed E-state index contributed by atoms with van der Waals surface area (Å²) in [6.07, 6.45) is -11.0. The van der Waals surface area contributed by atoms with E-state index < -0.39 is 38.7 Å². The first-order valence-corrected chi connectivity index (χ1v) is 31.1. The van der Waals surface area contributed by atoms with Gasteiger partial charge in [0.1, 0.15) is 11.5 Å². The molecule has 0 heterocycles. The van der Waals surface area contributed by atoms with Gasteiger partial charge in [0.2, 0.25) is 15.3 Å². The minimum atomic E-state index is -5.52. The summed E-state index contributed by atoms with van der Waals surface area (Å²) in [4.78, 5) is 15.1. The number of ether oxygens (including phenoxy) is 1. The van der Waals surface area contributed by atoms with Gasteiger partial charge in [-0.25, -0.2) is 8.42 Å². The molecule has 12 rings (SSSR count). The summed E-state index contributed by atoms with van der Waals surface area (Å²) in [5.41, 5.74) is -1.47. The molecule has 91 heavy (non-hydrogen) atoms. The Morgan fingerprint density at radius 1 is 0.308 bits per heavy atom. The highest BCUT2D eigenvalue weighted by atomic mass is 32.2. The molecular weight excluding hydrogens is 1190 g/mol. The van der Waals surface area contributed by atoms with Crippen LogP contribution in [0.15, 0.2) is 384 Å². The Hall–Kier alpha value is -10.0. The maximum atomic E-state index is 13.5. The molecule has 460 valence electrons. The van der Waals surface area contributed by atoms with Crippen molar-refractivity contribution >= 4 is 27.4 Å². The van der Waals surface area contributed by atoms with E-state index in [0.717, 1.165) is 71.2 Å². The van der Waals surface area contributed by atoms with Crippen molar-refractivity contribution in [3.05, 3.63) is 397 Å². The van der Waals surface area contributed by atoms with E-state index >= 15 is 0 Å². The number of sulfone groups is 1. The lowest BCUT2D eigenvalue weighted by atomic mass is 9.73. The van der Waals surface area contributed by atoms with Crippen molar-refractivity contribution in [2.75, 3.05) is 0 Å². The maximum Gasteiger partial charge on any atom is 0.411 e. The Bertz CT molecular complexity index is 3730. The van der Waals surface area contributed by atoms with Crippen LogP contribution in [-0.2, 0) is 20.7 Å². The highest BCUT2D eigenvalue weighted by molar-refractivity contribution is 7.99. The third-order valence-corrected chi connectivity index (χ3v) is 16.7. The summed E-state index contributed by atoms with van der Waals surface area (Å²) in [5.74, 6) is 1.81. The molecule has 4 nitrogen and oxygen atoms in total. The number of halogens is 6. The van der Waals surface area contributed by atoms with Crippen molar-refractivity contribution in [2.45, 2.75) is 56.6 Å². The summed E-state index contributed by atoms with van der Waals surface area (Å²) < 4.78 is 111. The zero-order chi connectivity index (χ0) is 64.8. The summed E-state index contributed by atoms with van der Waals surface area (Å²) in [6, 6.07) is 108. The summed E-state index contributed by atoms with van der Waals surface area (Å²) in [7, 11) is -3.34. The average Bonchev–Trinajstić information content (AvgIpc) is 0.733. The molecule has 0 radical (unpaired) electrons. The van der Waals surface area contributed by atoms with E-state index in [1.165, 1.54) is 33.1 Å². The zero-order valence-electron chi connectivity index (χ0n) is 49.9. The molecule has 0 amide bonds. The number of rotatable bonds is 12. The van der Waals surface area contributed by atoms with E-state index in [1.807, 2.05) is 133 Å². The highest BCUT2D eigenvalue weighted by Gasteiger charge is 2.72. The van der Waals surface area contributed by atoms with Crippen LogP contribution in [0.4, 0.5) is 26.3 Å². The summed E-state index contributed by atoms with van der Waals surface area (Å²) >= 11 is 1.79. The molecule has 0 aliphatic heterocycles. The Morgan fingerprint density at radius 2 is 0.527 bits per heavy atom. The highest BCUT2D eigenvalue weighted by Crippen LogP contribution is 2.56. The molecule has 0 saturated carbocycles. The van der Waals surface area contributed by atoms with Gasteiger partial charge in [-0.1, -0.05) is 317 Å². The molecule has 0 saturated heterocycles. The number of carbonyl (C=O) groups excluding carboxylic acids is 1. The van der Waals surface area contributed by atoms with Crippen LogP contribution in [0.3, 0.4) is 0 Å². The van der Waals surface area contributed by atoms with Gasteiger partial charge < -0.3 is 4.74 Å². The fraction of sp³-hybridized carbons (Fsp3) is 0.0759. The van der Waals surface area contributed by atoms with Gasteiger partial charge in [-0.15, -0.1) is 0 Å². The smallest absolute Gasteiger partial charge is 0.411 e. The lowest BCUT2D eigenvalue weighted by molar-refractivity contribution is -0.288. The predicted octanol–water partition coefficient (Wildman–Crippen LogP) is 21.9. The van der Waals surface area contributed by atoms with Crippen LogP contribution >= 0.6 is 11.8 Å². The lowest BCUT2D eigenvalue weighted by Gasteiger charge is -2.38. The van der Waals surface area contributed by atoms with Gasteiger partial charge in [0.25, 0.3) is 0 Å². The zero-order valence-corrected chi connectivity index (χ0v) is 51.5. The van der Waals surface area contributed by atoms with Gasteiger partial charge in [0, 0.05) is 26.3 Å². The number of para-hydroxylation sites is 2. The number of ketones is 1. The molecule has 0 aromatic heterocycles. The van der Waals surface area contributed by atoms with Crippen molar-refractivity contribution in [1.29, 1.82) is 0 Å². The van der Waals surface area contributed by atoms with E-state index in [2.05, 4.69) is 123 Å². The van der Waals surface area contributed by atoms with Gasteiger partial charge in [0.15, 0.2) is 5.78 Å². The van der Waals surface area contributed by atoms with Crippen LogP contribution < -0.4 is 4.74 Å². The number of alkyl halides is 6. The van der Waals surface area contributed by atoms with Gasteiger partial charge in [-0.2, -0.15) is 26.3 Å². The Balaban J connectivity index is 0.000000156. The topological polar surface area (TPSA) is 60.4 Å². The second-order valence-corrected chi connectivity index (χ2v) is 23.6. The first-order valence-electron chi connectivity index (χ1n) is 28.8. The van der Waals surface area contributed by atoms with Crippen LogP contribution in [0.1, 0.15) is 52.0 Å². The van der Waals surface area contributed by atoms with Gasteiger partial charge in [0.05, 0.1) is 9.79 Å². The number of carbonyl (C=O) groups is 1. The minimum absolute atomic E-state index is 0.0752. The Kier molecular flexibility index (Phi) is 25.7. The normalized spacial score (nSPS) is 11.0. The second kappa shape index (κ2) is 34.1. The van der Waals surface area contributed by atoms with E-state index in [-0.39, 0.29) is 11.2 Å². The molecule has 12 aromatic carbocycles. The van der Waals surface area contributed by atoms with E-state index in [9.17, 15) is 39.6 Å². The largest absolute Gasteiger partial charge is 0.457 e. The van der Waals surface area contributed by atoms with E-state index in [0.29, 0.717) is 9.79 Å². The van der Waals surface area contributed by atoms with Crippen molar-refractivity contribution in [1.82, 2.24) is 0 Å². The SMILES string of the molecule is CC(C)(c1ccccc1)c1ccccc1.FC(F)(F)C(c1ccccc1)(c1ccccc1)C(F)(F)F.O=C(c1ccccc1)c1ccccc1.O=S(=O)(c1ccccc1)c1ccccc1.c1ccc(Oc2ccccc2)cc1.c1ccc(Sc2ccccc2)cc1. The fourth-order valence-electron chi connectivity index (χ4n) is 9.14. The predicted molar refractivity (Wildman–Crippen MR) is 355 cm³/mol. The fourth-order valence-corrected chi connectivity index (χ4v) is 11.3. The quantitative estimate of drug-likeness (QED) is 0.0901. The third kappa shape index (κ3) is 20.0. The number of hydrogen-bond acceptors (Lipinski definition) is 5. The molecule has 12 aromatic rings. The average molecular weight is 1260 g/mol. The van der Waals surface area contributed by atoms with Crippen LogP contribution in [0, 0.1) is 0 Å². The first kappa shape index (κ1) is 68.5. The maximum absolute atomic E-state index is 13.5. The summed E-state index contributed by atoms with van der Waals surface area (Å²) in [6.45, 7) is 4.52. The van der Waals surface area contributed by atoms with Crippen LogP contribution in [0.25, 0.3) is 0 Å². The van der Waals surface area contributed by atoms with Crippen molar-refractivity contribution in [2.24, 2.45) is 0 Å². The first-order chi connectivity index (χ1) is 43.9. The second-order valence-electron chi connectivity index (χ2n) is 20.5. The molecular formula is C79H66F6O4S2. The molecule has 0 aliphatic carbocycles. The molecule has 0 atom stereocenters. The van der Waals surface area contributed by atoms with Crippen molar-refractivity contribution in [3.8, 4) is 11.5 Å². The van der Waals surface area contributed by atoms with Gasteiger partial charge in [-0.3, -0.25) is 4.79 Å². The Labute approximate surface area is 534 Å². The monoisotopic (exact) mass is 1260 g/mol. The molecule has 0 fully saturated rings. The molecule has 12 heteroatoms. The van der Waals surface area contributed by atoms with Crippen molar-refractivity contribution in [3.63, 3.8) is 0 Å². The van der Waals surface area contributed by atoms with Crippen molar-refractivity contribution < 1.29 is 44.3 Å². The molecule has 0 N–H and O–H groups in total. The molecule has 0 unspecified atom stereocenters. The van der Waals surface area contributed by atoms with Crippen LogP contribution in [0.5, 0.6) is 11.5 Å². The van der Waals surface area contributed by atoms with Crippen LogP contribution in [-0.4, -0.2) is 26.6 Å². The molecule has 0 aliphatic rings. The van der Waals surface area contributed by atoms with Crippen LogP contribution in [0.2, 0.25) is 0 Å². The molecule has 0 bridgehead atoms. The molecule has 0 spiro atoms. The lowest BCUT2D eigenvalue weighted by Crippen LogP contribution is -2.54. The number of benzene rings is 12. The van der Waals surface area contributed by atoms with Gasteiger partial charge in [-0.05, 0) is 95.1 Å².